The van der Waals surface area contributed by atoms with E-state index in [1.54, 1.807) is 24.3 Å². The van der Waals surface area contributed by atoms with Crippen LogP contribution in [-0.4, -0.2) is 18.3 Å². The Kier molecular flexibility index (Phi) is 4.66. The number of carbonyl (C=O) groups excluding carboxylic acids is 2. The molecule has 0 saturated carbocycles. The van der Waals surface area contributed by atoms with Gasteiger partial charge in [-0.15, -0.1) is 0 Å². The zero-order valence-corrected chi connectivity index (χ0v) is 11.4. The zero-order chi connectivity index (χ0) is 15.2. The van der Waals surface area contributed by atoms with Crippen LogP contribution in [0.2, 0.25) is 0 Å². The number of Topliss-reactive ketones (excluding diaryl/α,β-unsaturated/α-hetero) is 1. The number of carbonyl (C=O) groups is 2. The Balaban J connectivity index is 1.96. The van der Waals surface area contributed by atoms with Crippen LogP contribution in [0.1, 0.15) is 17.3 Å². The summed E-state index contributed by atoms with van der Waals surface area (Å²) in [6.45, 7) is 1.21. The third kappa shape index (κ3) is 4.14. The van der Waals surface area contributed by atoms with Gasteiger partial charge in [0.25, 0.3) is 5.91 Å². The van der Waals surface area contributed by atoms with Gasteiger partial charge >= 0.3 is 0 Å². The largest absolute Gasteiger partial charge is 0.484 e. The Morgan fingerprint density at radius 1 is 1.10 bits per heavy atom. The first kappa shape index (κ1) is 14.7. The minimum atomic E-state index is -0.395. The predicted octanol–water partition coefficient (Wildman–Crippen LogP) is 3.05. The maximum atomic E-state index is 12.7. The van der Waals surface area contributed by atoms with E-state index < -0.39 is 5.91 Å². The van der Waals surface area contributed by atoms with Gasteiger partial charge in [-0.1, -0.05) is 12.1 Å². The Hall–Kier alpha value is -2.69. The minimum absolute atomic E-state index is 0.134. The lowest BCUT2D eigenvalue weighted by atomic mass is 10.1. The standard InChI is InChI=1S/C16H14FNO3/c1-11(19)14-4-2-3-5-15(14)18-16(20)10-21-13-8-6-12(17)7-9-13/h2-9H,10H2,1H3,(H,18,20). The fraction of sp³-hybridized carbons (Fsp3) is 0.125. The molecule has 0 bridgehead atoms. The average molecular weight is 287 g/mol. The second-order valence-electron chi connectivity index (χ2n) is 4.39. The number of para-hydroxylation sites is 1. The van der Waals surface area contributed by atoms with Crippen LogP contribution in [0, 0.1) is 5.82 Å². The lowest BCUT2D eigenvalue weighted by Crippen LogP contribution is -2.21. The topological polar surface area (TPSA) is 55.4 Å². The summed E-state index contributed by atoms with van der Waals surface area (Å²) in [5.74, 6) is -0.507. The van der Waals surface area contributed by atoms with Crippen LogP contribution in [0.25, 0.3) is 0 Å². The number of nitrogens with one attached hydrogen (secondary N) is 1. The van der Waals surface area contributed by atoms with Crippen molar-refractivity contribution in [3.8, 4) is 5.75 Å². The molecule has 5 heteroatoms. The fourth-order valence-corrected chi connectivity index (χ4v) is 1.77. The van der Waals surface area contributed by atoms with Crippen molar-refractivity contribution in [1.29, 1.82) is 0 Å². The van der Waals surface area contributed by atoms with Gasteiger partial charge in [0.1, 0.15) is 11.6 Å². The summed E-state index contributed by atoms with van der Waals surface area (Å²) in [4.78, 5) is 23.2. The molecule has 0 saturated heterocycles. The van der Waals surface area contributed by atoms with Crippen LogP contribution in [0.5, 0.6) is 5.75 Å². The number of rotatable bonds is 5. The molecular weight excluding hydrogens is 273 g/mol. The van der Waals surface area contributed by atoms with E-state index >= 15 is 0 Å². The molecule has 0 unspecified atom stereocenters. The van der Waals surface area contributed by atoms with Crippen molar-refractivity contribution in [1.82, 2.24) is 0 Å². The highest BCUT2D eigenvalue weighted by atomic mass is 19.1. The first-order valence-corrected chi connectivity index (χ1v) is 6.34. The van der Waals surface area contributed by atoms with Gasteiger partial charge in [-0.25, -0.2) is 4.39 Å². The van der Waals surface area contributed by atoms with Gasteiger partial charge in [-0.05, 0) is 43.3 Å². The number of amides is 1. The highest BCUT2D eigenvalue weighted by molar-refractivity contribution is 6.03. The number of ketones is 1. The normalized spacial score (nSPS) is 10.0. The number of ether oxygens (including phenoxy) is 1. The molecule has 0 aliphatic carbocycles. The van der Waals surface area contributed by atoms with E-state index in [0.29, 0.717) is 17.0 Å². The highest BCUT2D eigenvalue weighted by Crippen LogP contribution is 2.16. The summed E-state index contributed by atoms with van der Waals surface area (Å²) in [6, 6.07) is 12.1. The third-order valence-corrected chi connectivity index (χ3v) is 2.76. The molecule has 108 valence electrons. The van der Waals surface area contributed by atoms with E-state index in [1.807, 2.05) is 0 Å². The van der Waals surface area contributed by atoms with Gasteiger partial charge in [0.15, 0.2) is 12.4 Å². The molecule has 1 amide bonds. The van der Waals surface area contributed by atoms with Crippen molar-refractivity contribution in [2.45, 2.75) is 6.92 Å². The van der Waals surface area contributed by atoms with Crippen molar-refractivity contribution in [3.63, 3.8) is 0 Å². The summed E-state index contributed by atoms with van der Waals surface area (Å²) in [7, 11) is 0. The van der Waals surface area contributed by atoms with Crippen LogP contribution < -0.4 is 10.1 Å². The Labute approximate surface area is 121 Å². The quantitative estimate of drug-likeness (QED) is 0.860. The van der Waals surface area contributed by atoms with Crippen LogP contribution in [0.15, 0.2) is 48.5 Å². The molecule has 2 rings (SSSR count). The van der Waals surface area contributed by atoms with Crippen molar-refractivity contribution in [2.24, 2.45) is 0 Å². The molecule has 0 spiro atoms. The molecule has 0 radical (unpaired) electrons. The maximum absolute atomic E-state index is 12.7. The Morgan fingerprint density at radius 2 is 1.76 bits per heavy atom. The molecule has 2 aromatic rings. The van der Waals surface area contributed by atoms with Crippen LogP contribution in [-0.2, 0) is 4.79 Å². The van der Waals surface area contributed by atoms with E-state index in [9.17, 15) is 14.0 Å². The maximum Gasteiger partial charge on any atom is 0.262 e. The molecule has 0 fully saturated rings. The fourth-order valence-electron chi connectivity index (χ4n) is 1.77. The molecule has 2 aromatic carbocycles. The Morgan fingerprint density at radius 3 is 2.43 bits per heavy atom. The molecule has 4 nitrogen and oxygen atoms in total. The molecular formula is C16H14FNO3. The monoisotopic (exact) mass is 287 g/mol. The smallest absolute Gasteiger partial charge is 0.262 e. The van der Waals surface area contributed by atoms with Crippen LogP contribution in [0.4, 0.5) is 10.1 Å². The summed E-state index contributed by atoms with van der Waals surface area (Å²) < 4.78 is 18.0. The highest BCUT2D eigenvalue weighted by Gasteiger charge is 2.10. The van der Waals surface area contributed by atoms with Crippen LogP contribution in [0.3, 0.4) is 0 Å². The van der Waals surface area contributed by atoms with Crippen LogP contribution >= 0.6 is 0 Å². The Bertz CT molecular complexity index is 653. The number of hydrogen-bond acceptors (Lipinski definition) is 3. The van der Waals surface area contributed by atoms with Crippen molar-refractivity contribution >= 4 is 17.4 Å². The van der Waals surface area contributed by atoms with E-state index in [2.05, 4.69) is 5.32 Å². The molecule has 1 N–H and O–H groups in total. The van der Waals surface area contributed by atoms with E-state index in [1.165, 1.54) is 31.2 Å². The van der Waals surface area contributed by atoms with Gasteiger partial charge < -0.3 is 10.1 Å². The van der Waals surface area contributed by atoms with Crippen molar-refractivity contribution in [2.75, 3.05) is 11.9 Å². The number of hydrogen-bond donors (Lipinski definition) is 1. The number of anilines is 1. The lowest BCUT2D eigenvalue weighted by molar-refractivity contribution is -0.118. The first-order chi connectivity index (χ1) is 10.1. The first-order valence-electron chi connectivity index (χ1n) is 6.34. The molecule has 0 atom stereocenters. The zero-order valence-electron chi connectivity index (χ0n) is 11.4. The third-order valence-electron chi connectivity index (χ3n) is 2.76. The average Bonchev–Trinajstić information content (AvgIpc) is 2.47. The van der Waals surface area contributed by atoms with Gasteiger partial charge in [0.05, 0.1) is 5.69 Å². The molecule has 0 aromatic heterocycles. The second-order valence-corrected chi connectivity index (χ2v) is 4.39. The SMILES string of the molecule is CC(=O)c1ccccc1NC(=O)COc1ccc(F)cc1. The molecule has 21 heavy (non-hydrogen) atoms. The summed E-state index contributed by atoms with van der Waals surface area (Å²) in [6.07, 6.45) is 0. The van der Waals surface area contributed by atoms with E-state index in [4.69, 9.17) is 4.74 Å². The molecule has 0 aliphatic rings. The second kappa shape index (κ2) is 6.65. The number of halogens is 1. The van der Waals surface area contributed by atoms with Gasteiger partial charge in [-0.2, -0.15) is 0 Å². The molecule has 0 heterocycles. The van der Waals surface area contributed by atoms with E-state index in [0.717, 1.165) is 0 Å². The summed E-state index contributed by atoms with van der Waals surface area (Å²) >= 11 is 0. The minimum Gasteiger partial charge on any atom is -0.484 e. The number of benzene rings is 2. The summed E-state index contributed by atoms with van der Waals surface area (Å²) in [5.41, 5.74) is 0.880. The predicted molar refractivity (Wildman–Crippen MR) is 77.0 cm³/mol. The van der Waals surface area contributed by atoms with Crippen molar-refractivity contribution in [3.05, 3.63) is 59.9 Å². The van der Waals surface area contributed by atoms with Gasteiger partial charge in [0, 0.05) is 5.56 Å². The van der Waals surface area contributed by atoms with Gasteiger partial charge in [0.2, 0.25) is 0 Å². The van der Waals surface area contributed by atoms with E-state index in [-0.39, 0.29) is 18.2 Å². The van der Waals surface area contributed by atoms with Crippen molar-refractivity contribution < 1.29 is 18.7 Å². The summed E-state index contributed by atoms with van der Waals surface area (Å²) in [5, 5.41) is 2.61. The van der Waals surface area contributed by atoms with Gasteiger partial charge in [-0.3, -0.25) is 9.59 Å². The lowest BCUT2D eigenvalue weighted by Gasteiger charge is -2.10. The molecule has 0 aliphatic heterocycles.